The molecular weight excluding hydrogens is 138 g/mol. The molecule has 64 valence electrons. The Hall–Kier alpha value is -0.860. The molecule has 3 N–H and O–H groups in total. The lowest BCUT2D eigenvalue weighted by Gasteiger charge is -2.03. The van der Waals surface area contributed by atoms with E-state index in [4.69, 9.17) is 11.1 Å². The third kappa shape index (κ3) is 7.03. The molecule has 0 radical (unpaired) electrons. The predicted molar refractivity (Wildman–Crippen MR) is 49.1 cm³/mol. The summed E-state index contributed by atoms with van der Waals surface area (Å²) in [4.78, 5) is 3.67. The molecule has 0 heterocycles. The van der Waals surface area contributed by atoms with E-state index in [-0.39, 0.29) is 5.96 Å². The van der Waals surface area contributed by atoms with Crippen molar-refractivity contribution in [3.63, 3.8) is 0 Å². The van der Waals surface area contributed by atoms with Crippen LogP contribution >= 0.6 is 0 Å². The molecule has 0 saturated heterocycles. The van der Waals surface area contributed by atoms with Crippen LogP contribution in [0.15, 0.2) is 4.99 Å². The van der Waals surface area contributed by atoms with E-state index in [1.807, 2.05) is 0 Å². The predicted octanol–water partition coefficient (Wildman–Crippen LogP) is 1.78. The molecule has 0 bridgehead atoms. The van der Waals surface area contributed by atoms with Gasteiger partial charge in [0.1, 0.15) is 0 Å². The van der Waals surface area contributed by atoms with Gasteiger partial charge in [-0.1, -0.05) is 20.3 Å². The Morgan fingerprint density at radius 2 is 2.36 bits per heavy atom. The van der Waals surface area contributed by atoms with Crippen LogP contribution in [0.2, 0.25) is 0 Å². The van der Waals surface area contributed by atoms with Crippen LogP contribution in [0.1, 0.15) is 33.1 Å². The molecule has 11 heavy (non-hydrogen) atoms. The number of nitrogens with one attached hydrogen (secondary N) is 1. The highest BCUT2D eigenvalue weighted by molar-refractivity contribution is 5.83. The highest BCUT2D eigenvalue weighted by Crippen LogP contribution is 2.07. The average Bonchev–Trinajstić information content (AvgIpc) is 1.97. The van der Waals surface area contributed by atoms with E-state index < -0.39 is 0 Å². The van der Waals surface area contributed by atoms with Crippen molar-refractivity contribution in [1.29, 1.82) is 5.41 Å². The van der Waals surface area contributed by atoms with Gasteiger partial charge in [-0.25, -0.2) is 4.99 Å². The summed E-state index contributed by atoms with van der Waals surface area (Å²) in [6.07, 6.45) is 4.98. The van der Waals surface area contributed by atoms with Gasteiger partial charge in [0.05, 0.1) is 0 Å². The Bertz CT molecular complexity index is 140. The van der Waals surface area contributed by atoms with E-state index in [1.165, 1.54) is 6.42 Å². The first kappa shape index (κ1) is 10.1. The summed E-state index contributed by atoms with van der Waals surface area (Å²) in [6.45, 7) is 4.38. The number of aliphatic imine (C=N–C) groups is 1. The minimum Gasteiger partial charge on any atom is -0.368 e. The summed E-state index contributed by atoms with van der Waals surface area (Å²) >= 11 is 0. The maximum absolute atomic E-state index is 6.80. The van der Waals surface area contributed by atoms with Crippen molar-refractivity contribution in [3.8, 4) is 0 Å². The average molecular weight is 155 g/mol. The lowest BCUT2D eigenvalue weighted by Crippen LogP contribution is -2.05. The SMILES string of the molecule is CCC(C)CCC=NC(=N)N. The highest BCUT2D eigenvalue weighted by Gasteiger charge is 1.95. The highest BCUT2D eigenvalue weighted by atomic mass is 15.0. The van der Waals surface area contributed by atoms with E-state index in [0.717, 1.165) is 18.8 Å². The van der Waals surface area contributed by atoms with E-state index in [1.54, 1.807) is 6.21 Å². The number of rotatable bonds is 4. The van der Waals surface area contributed by atoms with Crippen molar-refractivity contribution >= 4 is 12.2 Å². The quantitative estimate of drug-likeness (QED) is 0.471. The van der Waals surface area contributed by atoms with E-state index in [0.29, 0.717) is 0 Å². The Morgan fingerprint density at radius 3 is 2.82 bits per heavy atom. The van der Waals surface area contributed by atoms with Crippen LogP contribution in [0.25, 0.3) is 0 Å². The van der Waals surface area contributed by atoms with Gasteiger partial charge in [-0.15, -0.1) is 0 Å². The third-order valence-electron chi connectivity index (χ3n) is 1.72. The van der Waals surface area contributed by atoms with Gasteiger partial charge >= 0.3 is 0 Å². The molecule has 3 heteroatoms. The molecule has 0 aliphatic rings. The van der Waals surface area contributed by atoms with E-state index >= 15 is 0 Å². The maximum Gasteiger partial charge on any atom is 0.212 e. The second kappa shape index (κ2) is 5.89. The van der Waals surface area contributed by atoms with Crippen LogP contribution in [0.5, 0.6) is 0 Å². The number of guanidine groups is 1. The van der Waals surface area contributed by atoms with Gasteiger partial charge in [-0.2, -0.15) is 0 Å². The van der Waals surface area contributed by atoms with Crippen molar-refractivity contribution in [1.82, 2.24) is 0 Å². The number of nitrogens with zero attached hydrogens (tertiary/aromatic N) is 1. The summed E-state index contributed by atoms with van der Waals surface area (Å²) in [7, 11) is 0. The Labute approximate surface area is 68.2 Å². The molecule has 1 atom stereocenters. The molecular formula is C8H17N3. The summed E-state index contributed by atoms with van der Waals surface area (Å²) < 4.78 is 0. The van der Waals surface area contributed by atoms with Crippen LogP contribution in [0.4, 0.5) is 0 Å². The molecule has 0 rings (SSSR count). The topological polar surface area (TPSA) is 62.2 Å². The molecule has 1 unspecified atom stereocenters. The van der Waals surface area contributed by atoms with Crippen molar-refractivity contribution < 1.29 is 0 Å². The van der Waals surface area contributed by atoms with Gasteiger partial charge in [0.25, 0.3) is 0 Å². The molecule has 3 nitrogen and oxygen atoms in total. The number of nitrogens with two attached hydrogens (primary N) is 1. The zero-order valence-electron chi connectivity index (χ0n) is 7.30. The fourth-order valence-electron chi connectivity index (χ4n) is 0.726. The lowest BCUT2D eigenvalue weighted by molar-refractivity contribution is 0.530. The van der Waals surface area contributed by atoms with Gasteiger partial charge in [-0.3, -0.25) is 5.41 Å². The van der Waals surface area contributed by atoms with Gasteiger partial charge in [0, 0.05) is 6.21 Å². The molecule has 0 amide bonds. The monoisotopic (exact) mass is 155 g/mol. The van der Waals surface area contributed by atoms with E-state index in [2.05, 4.69) is 18.8 Å². The van der Waals surface area contributed by atoms with Crippen LogP contribution in [0.3, 0.4) is 0 Å². The normalized spacial score (nSPS) is 13.6. The molecule has 0 aromatic heterocycles. The largest absolute Gasteiger partial charge is 0.368 e. The van der Waals surface area contributed by atoms with Crippen molar-refractivity contribution in [2.75, 3.05) is 0 Å². The smallest absolute Gasteiger partial charge is 0.212 e. The molecule has 0 saturated carbocycles. The summed E-state index contributed by atoms with van der Waals surface area (Å²) in [6, 6.07) is 0. The fraction of sp³-hybridized carbons (Fsp3) is 0.750. The zero-order valence-corrected chi connectivity index (χ0v) is 7.30. The van der Waals surface area contributed by atoms with Crippen LogP contribution < -0.4 is 5.73 Å². The van der Waals surface area contributed by atoms with Gasteiger partial charge in [0.2, 0.25) is 5.96 Å². The fourth-order valence-corrected chi connectivity index (χ4v) is 0.726. The molecule has 0 aromatic carbocycles. The first-order chi connectivity index (χ1) is 5.16. The minimum absolute atomic E-state index is 0.103. The molecule has 0 spiro atoms. The van der Waals surface area contributed by atoms with Crippen LogP contribution in [-0.4, -0.2) is 12.2 Å². The summed E-state index contributed by atoms with van der Waals surface area (Å²) in [5.41, 5.74) is 5.03. The first-order valence-electron chi connectivity index (χ1n) is 4.03. The van der Waals surface area contributed by atoms with Crippen molar-refractivity contribution in [2.45, 2.75) is 33.1 Å². The van der Waals surface area contributed by atoms with Gasteiger partial charge in [-0.05, 0) is 18.8 Å². The first-order valence-corrected chi connectivity index (χ1v) is 4.03. The number of hydrogen-bond acceptors (Lipinski definition) is 1. The van der Waals surface area contributed by atoms with Gasteiger partial charge < -0.3 is 5.73 Å². The Kier molecular flexibility index (Phi) is 5.43. The standard InChI is InChI=1S/C8H17N3/c1-3-7(2)5-4-6-11-8(9)10/h6-7H,3-5H2,1-2H3,(H3,9,10). The molecule has 0 aliphatic carbocycles. The number of hydrogen-bond donors (Lipinski definition) is 2. The van der Waals surface area contributed by atoms with Crippen LogP contribution in [0, 0.1) is 11.3 Å². The molecule has 0 fully saturated rings. The minimum atomic E-state index is -0.103. The van der Waals surface area contributed by atoms with Crippen molar-refractivity contribution in [2.24, 2.45) is 16.6 Å². The second-order valence-corrected chi connectivity index (χ2v) is 2.79. The Morgan fingerprint density at radius 1 is 1.73 bits per heavy atom. The van der Waals surface area contributed by atoms with Gasteiger partial charge in [0.15, 0.2) is 0 Å². The zero-order chi connectivity index (χ0) is 8.69. The Balaban J connectivity index is 3.33. The second-order valence-electron chi connectivity index (χ2n) is 2.79. The van der Waals surface area contributed by atoms with Crippen LogP contribution in [-0.2, 0) is 0 Å². The van der Waals surface area contributed by atoms with E-state index in [9.17, 15) is 0 Å². The molecule has 0 aliphatic heterocycles. The summed E-state index contributed by atoms with van der Waals surface area (Å²) in [5, 5.41) is 6.80. The lowest BCUT2D eigenvalue weighted by atomic mass is 10.0. The third-order valence-corrected chi connectivity index (χ3v) is 1.72. The molecule has 0 aromatic rings. The maximum atomic E-state index is 6.80. The summed E-state index contributed by atoms with van der Waals surface area (Å²) in [5.74, 6) is 0.641. The van der Waals surface area contributed by atoms with Crippen molar-refractivity contribution in [3.05, 3.63) is 0 Å².